The summed E-state index contributed by atoms with van der Waals surface area (Å²) in [5, 5.41) is 5.57. The van der Waals surface area contributed by atoms with Gasteiger partial charge in [-0.1, -0.05) is 227 Å². The molecular weight excluding hydrogens is 777 g/mol. The number of allylic oxidation sites excluding steroid dienone is 16. The summed E-state index contributed by atoms with van der Waals surface area (Å²) in [6.07, 6.45) is 54.8. The molecule has 0 heterocycles. The molecule has 0 amide bonds. The Balaban J connectivity index is 0.966. The van der Waals surface area contributed by atoms with Crippen molar-refractivity contribution in [2.75, 3.05) is 0 Å². The van der Waals surface area contributed by atoms with Crippen LogP contribution in [-0.4, -0.2) is 16.1 Å². The van der Waals surface area contributed by atoms with Gasteiger partial charge in [-0.05, 0) is 84.7 Å². The average molecular weight is 819 g/mol. The van der Waals surface area contributed by atoms with E-state index in [4.69, 9.17) is 0 Å². The monoisotopic (exact) mass is 818 g/mol. The van der Waals surface area contributed by atoms with Crippen molar-refractivity contribution < 1.29 is 0 Å². The van der Waals surface area contributed by atoms with Crippen molar-refractivity contribution in [3.8, 4) is 11.1 Å². The molecule has 8 aliphatic rings. The zero-order valence-corrected chi connectivity index (χ0v) is 36.2. The zero-order valence-electron chi connectivity index (χ0n) is 34.2. The first-order valence-electron chi connectivity index (χ1n) is 21.7. The number of hydrogen-bond donors (Lipinski definition) is 0. The quantitative estimate of drug-likeness (QED) is 0.148. The highest BCUT2D eigenvalue weighted by molar-refractivity contribution is 7.12. The normalized spacial score (nSPS) is 23.3. The summed E-state index contributed by atoms with van der Waals surface area (Å²) in [5.74, 6) is 10.5. The van der Waals surface area contributed by atoms with Crippen LogP contribution in [0.4, 0.5) is 0 Å². The van der Waals surface area contributed by atoms with Gasteiger partial charge in [0.1, 0.15) is 16.1 Å². The summed E-state index contributed by atoms with van der Waals surface area (Å²) in [7, 11) is -5.64. The van der Waals surface area contributed by atoms with Crippen molar-refractivity contribution >= 4 is 36.9 Å². The summed E-state index contributed by atoms with van der Waals surface area (Å²) >= 11 is 0. The van der Waals surface area contributed by atoms with E-state index in [0.717, 1.165) is 0 Å². The summed E-state index contributed by atoms with van der Waals surface area (Å²) in [6.45, 7) is 0. The fraction of sp³-hybridized carbons (Fsp3) is 0. The third kappa shape index (κ3) is 6.10. The Kier molecular flexibility index (Phi) is 10.1. The van der Waals surface area contributed by atoms with Crippen LogP contribution in [0.15, 0.2) is 206 Å². The smallest absolute Gasteiger partial charge is 0.0762 e. The van der Waals surface area contributed by atoms with Crippen LogP contribution in [0.2, 0.25) is 0 Å². The lowest BCUT2D eigenvalue weighted by Crippen LogP contribution is -2.68. The number of benzene rings is 4. The molecule has 0 spiro atoms. The Bertz CT molecular complexity index is 2230. The predicted molar refractivity (Wildman–Crippen MR) is 261 cm³/mol. The van der Waals surface area contributed by atoms with Gasteiger partial charge in [0.05, 0.1) is 0 Å². The standard InChI is InChI=1S/C60H42Si2/c1-3-19-49(20-4-1)61(57-39-31-45-15-7-11-23-53(45)57,58-40-32-46-16-8-12-24-54(46)58)51-35-27-43(28-36-51)44-29-37-52(38-30-44)62(50-21-5-2-6-22-50,59-41-33-47-17-9-13-25-55(47)59)60-42-34-48-18-10-14-26-56(48)60/h1-42H. The zero-order chi connectivity index (χ0) is 41.1. The van der Waals surface area contributed by atoms with E-state index in [-0.39, 0.29) is 0 Å². The molecule has 0 bridgehead atoms. The van der Waals surface area contributed by atoms with Gasteiger partial charge < -0.3 is 0 Å². The van der Waals surface area contributed by atoms with Crippen molar-refractivity contribution in [2.24, 2.45) is 0 Å². The molecule has 4 aromatic rings. The highest BCUT2D eigenvalue weighted by atomic mass is 28.3. The SMILES string of the molecule is [CH]1[CH][C]([Si]([C]2[CH][CH][C]3C=CC=C[C]32)(c2ccccc2)c2ccc(-c3ccc([Si]([C]4[CH][CH][C]5C=CC=C[C]54)([C]4[CH][CH][C]5C=CC=C[C]54)c4ccccc4)cc3)cc2)[C]2C=CC=C[C]12. The molecule has 290 valence electrons. The Morgan fingerprint density at radius 2 is 0.484 bits per heavy atom. The Morgan fingerprint density at radius 3 is 0.774 bits per heavy atom. The molecule has 12 rings (SSSR count). The Hall–Kier alpha value is -4.77. The molecule has 4 fully saturated rings. The molecule has 0 unspecified atom stereocenters. The van der Waals surface area contributed by atoms with Crippen LogP contribution in [0.25, 0.3) is 11.1 Å². The third-order valence-corrected chi connectivity index (χ3v) is 23.5. The third-order valence-electron chi connectivity index (χ3n) is 13.7. The number of hydrogen-bond acceptors (Lipinski definition) is 0. The van der Waals surface area contributed by atoms with E-state index >= 15 is 0 Å². The molecule has 4 saturated carbocycles. The molecule has 0 N–H and O–H groups in total. The lowest BCUT2D eigenvalue weighted by atomic mass is 9.91. The van der Waals surface area contributed by atoms with Crippen LogP contribution in [0.5, 0.6) is 0 Å². The van der Waals surface area contributed by atoms with Crippen molar-refractivity contribution in [3.63, 3.8) is 0 Å². The van der Waals surface area contributed by atoms with Crippen LogP contribution in [0, 0.1) is 121 Å². The molecule has 0 saturated heterocycles. The van der Waals surface area contributed by atoms with E-state index in [2.05, 4.69) is 258 Å². The minimum atomic E-state index is -2.82. The van der Waals surface area contributed by atoms with Gasteiger partial charge in [0.25, 0.3) is 0 Å². The maximum absolute atomic E-state index is 2.82. The molecule has 0 nitrogen and oxygen atoms in total. The van der Waals surface area contributed by atoms with E-state index in [1.807, 2.05) is 0 Å². The van der Waals surface area contributed by atoms with Crippen molar-refractivity contribution in [1.82, 2.24) is 0 Å². The first-order chi connectivity index (χ1) is 30.7. The van der Waals surface area contributed by atoms with Crippen molar-refractivity contribution in [2.45, 2.75) is 0 Å². The van der Waals surface area contributed by atoms with Crippen LogP contribution in [0.1, 0.15) is 0 Å². The molecule has 20 radical (unpaired) electrons. The second-order valence-electron chi connectivity index (χ2n) is 16.7. The fourth-order valence-corrected chi connectivity index (χ4v) is 21.3. The predicted octanol–water partition coefficient (Wildman–Crippen LogP) is 9.72. The van der Waals surface area contributed by atoms with Crippen LogP contribution in [0.3, 0.4) is 0 Å². The summed E-state index contributed by atoms with van der Waals surface area (Å²) < 4.78 is 0. The molecule has 4 aromatic carbocycles. The second-order valence-corrected chi connectivity index (χ2v) is 24.2. The number of rotatable bonds is 9. The van der Waals surface area contributed by atoms with Gasteiger partial charge in [0.2, 0.25) is 0 Å². The van der Waals surface area contributed by atoms with E-state index in [1.54, 1.807) is 0 Å². The molecule has 0 atom stereocenters. The second kappa shape index (κ2) is 16.1. The van der Waals surface area contributed by atoms with Gasteiger partial charge >= 0.3 is 0 Å². The molecule has 62 heavy (non-hydrogen) atoms. The fourth-order valence-electron chi connectivity index (χ4n) is 11.0. The topological polar surface area (TPSA) is 0 Å². The maximum atomic E-state index is 2.45. The van der Waals surface area contributed by atoms with Crippen molar-refractivity contribution in [1.29, 1.82) is 0 Å². The van der Waals surface area contributed by atoms with Gasteiger partial charge in [-0.15, -0.1) is 0 Å². The minimum Gasteiger partial charge on any atom is -0.0762 e. The first kappa shape index (κ1) is 38.9. The summed E-state index contributed by atoms with van der Waals surface area (Å²) in [6, 6.07) is 42.0. The lowest BCUT2D eigenvalue weighted by Gasteiger charge is -2.46. The summed E-state index contributed by atoms with van der Waals surface area (Å²) in [4.78, 5) is 0. The molecule has 0 aliphatic heterocycles. The van der Waals surface area contributed by atoms with Gasteiger partial charge in [-0.25, -0.2) is 0 Å². The Morgan fingerprint density at radius 1 is 0.226 bits per heavy atom. The number of fused-ring (bicyclic) bond motifs is 4. The van der Waals surface area contributed by atoms with Gasteiger partial charge in [-0.3, -0.25) is 0 Å². The highest BCUT2D eigenvalue weighted by Crippen LogP contribution is 2.58. The molecule has 0 aromatic heterocycles. The molecule has 8 aliphatic carbocycles. The Labute approximate surface area is 373 Å². The average Bonchev–Trinajstić information content (AvgIpc) is 4.18. The summed E-state index contributed by atoms with van der Waals surface area (Å²) in [5.41, 5.74) is 8.20. The first-order valence-corrected chi connectivity index (χ1v) is 25.7. The minimum absolute atomic E-state index is 1.22. The van der Waals surface area contributed by atoms with Gasteiger partial charge in [-0.2, -0.15) is 0 Å². The largest absolute Gasteiger partial charge is 0.133 e. The maximum Gasteiger partial charge on any atom is 0.133 e. The van der Waals surface area contributed by atoms with E-state index in [1.165, 1.54) is 101 Å². The van der Waals surface area contributed by atoms with Crippen LogP contribution in [-0.2, 0) is 0 Å². The van der Waals surface area contributed by atoms with Crippen LogP contribution >= 0.6 is 0 Å². The van der Waals surface area contributed by atoms with Gasteiger partial charge in [0, 0.05) is 47.3 Å². The van der Waals surface area contributed by atoms with E-state index in [9.17, 15) is 0 Å². The van der Waals surface area contributed by atoms with Crippen molar-refractivity contribution in [3.05, 3.63) is 327 Å². The van der Waals surface area contributed by atoms with E-state index < -0.39 is 16.1 Å². The van der Waals surface area contributed by atoms with Crippen LogP contribution < -0.4 is 20.7 Å². The highest BCUT2D eigenvalue weighted by Gasteiger charge is 2.62. The molecule has 2 heteroatoms. The van der Waals surface area contributed by atoms with Gasteiger partial charge in [0.15, 0.2) is 0 Å². The molecular formula is C60H42Si2. The lowest BCUT2D eigenvalue weighted by molar-refractivity contribution is 1.15. The van der Waals surface area contributed by atoms with E-state index in [0.29, 0.717) is 0 Å².